The lowest BCUT2D eigenvalue weighted by atomic mass is 10.1. The van der Waals surface area contributed by atoms with Crippen molar-refractivity contribution in [3.63, 3.8) is 0 Å². The number of methoxy groups -OCH3 is 1. The van der Waals surface area contributed by atoms with Gasteiger partial charge in [0, 0.05) is 49.5 Å². The molecule has 0 amide bonds. The molecule has 1 unspecified atom stereocenters. The predicted octanol–water partition coefficient (Wildman–Crippen LogP) is 1.56. The summed E-state index contributed by atoms with van der Waals surface area (Å²) in [5, 5.41) is 20.1. The first-order valence-corrected chi connectivity index (χ1v) is 6.27. The van der Waals surface area contributed by atoms with Gasteiger partial charge in [-0.3, -0.25) is 10.1 Å². The van der Waals surface area contributed by atoms with Crippen molar-refractivity contribution in [2.45, 2.75) is 13.0 Å². The molecule has 6 nitrogen and oxygen atoms in total. The Kier molecular flexibility index (Phi) is 4.34. The topological polar surface area (TPSA) is 75.8 Å². The number of aliphatic hydroxyl groups is 1. The number of nitro groups is 1. The third-order valence-electron chi connectivity index (χ3n) is 3.47. The van der Waals surface area contributed by atoms with Crippen LogP contribution in [0.4, 0.5) is 11.4 Å². The maximum Gasteiger partial charge on any atom is 0.269 e. The molecule has 0 aliphatic carbocycles. The predicted molar refractivity (Wildman–Crippen MR) is 71.2 cm³/mol. The normalized spacial score (nSPS) is 18.8. The standard InChI is InChI=1S/C13H18N2O4/c1-19-9-10-4-5-14(7-10)13-3-2-12(15(17)18)6-11(13)8-16/h2-3,6,10,16H,4-5,7-9H2,1H3. The van der Waals surface area contributed by atoms with Gasteiger partial charge in [-0.25, -0.2) is 0 Å². The summed E-state index contributed by atoms with van der Waals surface area (Å²) in [6.07, 6.45) is 1.04. The number of non-ortho nitro benzene ring substituents is 1. The van der Waals surface area contributed by atoms with Crippen LogP contribution in [0, 0.1) is 16.0 Å². The number of aliphatic hydroxyl groups excluding tert-OH is 1. The van der Waals surface area contributed by atoms with Gasteiger partial charge in [-0.2, -0.15) is 0 Å². The smallest absolute Gasteiger partial charge is 0.269 e. The van der Waals surface area contributed by atoms with E-state index in [1.807, 2.05) is 0 Å². The molecule has 0 saturated carbocycles. The summed E-state index contributed by atoms with van der Waals surface area (Å²) < 4.78 is 5.15. The Balaban J connectivity index is 2.18. The minimum Gasteiger partial charge on any atom is -0.392 e. The van der Waals surface area contributed by atoms with Crippen LogP contribution in [0.2, 0.25) is 0 Å². The first-order chi connectivity index (χ1) is 9.15. The van der Waals surface area contributed by atoms with Crippen molar-refractivity contribution in [3.05, 3.63) is 33.9 Å². The van der Waals surface area contributed by atoms with Gasteiger partial charge in [0.05, 0.1) is 18.1 Å². The molecule has 1 heterocycles. The highest BCUT2D eigenvalue weighted by molar-refractivity contribution is 5.58. The van der Waals surface area contributed by atoms with Crippen LogP contribution in [0.5, 0.6) is 0 Å². The molecule has 1 saturated heterocycles. The molecule has 0 aromatic heterocycles. The summed E-state index contributed by atoms with van der Waals surface area (Å²) >= 11 is 0. The summed E-state index contributed by atoms with van der Waals surface area (Å²) in [5.41, 5.74) is 1.50. The Morgan fingerprint density at radius 1 is 1.58 bits per heavy atom. The quantitative estimate of drug-likeness (QED) is 0.646. The highest BCUT2D eigenvalue weighted by atomic mass is 16.6. The Bertz CT molecular complexity index is 464. The largest absolute Gasteiger partial charge is 0.392 e. The molecule has 1 aromatic carbocycles. The number of hydrogen-bond donors (Lipinski definition) is 1. The molecular formula is C13H18N2O4. The molecule has 1 aliphatic heterocycles. The molecule has 0 radical (unpaired) electrons. The van der Waals surface area contributed by atoms with Crippen LogP contribution in [0.25, 0.3) is 0 Å². The van der Waals surface area contributed by atoms with Gasteiger partial charge in [-0.05, 0) is 12.5 Å². The maximum atomic E-state index is 10.7. The van der Waals surface area contributed by atoms with Crippen LogP contribution in [0.1, 0.15) is 12.0 Å². The Morgan fingerprint density at radius 2 is 2.37 bits per heavy atom. The Labute approximate surface area is 111 Å². The molecule has 0 spiro atoms. The zero-order chi connectivity index (χ0) is 13.8. The SMILES string of the molecule is COCC1CCN(c2ccc([N+](=O)[O-])cc2CO)C1. The van der Waals surface area contributed by atoms with Gasteiger partial charge in [0.15, 0.2) is 0 Å². The van der Waals surface area contributed by atoms with Crippen molar-refractivity contribution < 1.29 is 14.8 Å². The average molecular weight is 266 g/mol. The van der Waals surface area contributed by atoms with Crippen LogP contribution >= 0.6 is 0 Å². The van der Waals surface area contributed by atoms with Crippen LogP contribution in [0.15, 0.2) is 18.2 Å². The molecule has 1 atom stereocenters. The molecule has 19 heavy (non-hydrogen) atoms. The molecule has 6 heteroatoms. The monoisotopic (exact) mass is 266 g/mol. The van der Waals surface area contributed by atoms with E-state index >= 15 is 0 Å². The lowest BCUT2D eigenvalue weighted by molar-refractivity contribution is -0.384. The zero-order valence-corrected chi connectivity index (χ0v) is 10.9. The van der Waals surface area contributed by atoms with Crippen molar-refractivity contribution in [3.8, 4) is 0 Å². The van der Waals surface area contributed by atoms with Gasteiger partial charge in [0.1, 0.15) is 0 Å². The minimum atomic E-state index is -0.444. The number of nitrogens with zero attached hydrogens (tertiary/aromatic N) is 2. The first-order valence-electron chi connectivity index (χ1n) is 6.27. The van der Waals surface area contributed by atoms with Crippen molar-refractivity contribution >= 4 is 11.4 Å². The highest BCUT2D eigenvalue weighted by Gasteiger charge is 2.24. The second-order valence-electron chi connectivity index (χ2n) is 4.78. The third kappa shape index (κ3) is 3.02. The fourth-order valence-corrected chi connectivity index (χ4v) is 2.54. The molecule has 1 aromatic rings. The first kappa shape index (κ1) is 13.8. The van der Waals surface area contributed by atoms with E-state index in [-0.39, 0.29) is 12.3 Å². The van der Waals surface area contributed by atoms with Gasteiger partial charge in [0.25, 0.3) is 5.69 Å². The van der Waals surface area contributed by atoms with E-state index < -0.39 is 4.92 Å². The van der Waals surface area contributed by atoms with Crippen LogP contribution in [-0.4, -0.2) is 36.8 Å². The van der Waals surface area contributed by atoms with E-state index in [2.05, 4.69) is 4.90 Å². The second-order valence-corrected chi connectivity index (χ2v) is 4.78. The van der Waals surface area contributed by atoms with Gasteiger partial charge >= 0.3 is 0 Å². The van der Waals surface area contributed by atoms with Crippen LogP contribution < -0.4 is 4.90 Å². The fraction of sp³-hybridized carbons (Fsp3) is 0.538. The van der Waals surface area contributed by atoms with E-state index in [0.29, 0.717) is 11.5 Å². The van der Waals surface area contributed by atoms with Crippen molar-refractivity contribution in [1.82, 2.24) is 0 Å². The lowest BCUT2D eigenvalue weighted by Gasteiger charge is -2.21. The second kappa shape index (κ2) is 5.99. The number of hydrogen-bond acceptors (Lipinski definition) is 5. The molecule has 104 valence electrons. The Morgan fingerprint density at radius 3 is 3.00 bits per heavy atom. The van der Waals surface area contributed by atoms with Crippen molar-refractivity contribution in [1.29, 1.82) is 0 Å². The van der Waals surface area contributed by atoms with Gasteiger partial charge in [0.2, 0.25) is 0 Å². The zero-order valence-electron chi connectivity index (χ0n) is 10.9. The van der Waals surface area contributed by atoms with Crippen LogP contribution in [-0.2, 0) is 11.3 Å². The summed E-state index contributed by atoms with van der Waals surface area (Å²) in [6, 6.07) is 4.65. The van der Waals surface area contributed by atoms with E-state index in [0.717, 1.165) is 31.8 Å². The fourth-order valence-electron chi connectivity index (χ4n) is 2.54. The number of ether oxygens (including phenoxy) is 1. The summed E-state index contributed by atoms with van der Waals surface area (Å²) in [6.45, 7) is 2.28. The molecule has 2 rings (SSSR count). The lowest BCUT2D eigenvalue weighted by Crippen LogP contribution is -2.22. The number of nitro benzene ring substituents is 1. The Hall–Kier alpha value is -1.66. The number of benzene rings is 1. The average Bonchev–Trinajstić information content (AvgIpc) is 2.86. The molecular weight excluding hydrogens is 248 g/mol. The van der Waals surface area contributed by atoms with E-state index in [9.17, 15) is 15.2 Å². The molecule has 1 N–H and O–H groups in total. The van der Waals surface area contributed by atoms with Gasteiger partial charge < -0.3 is 14.7 Å². The highest BCUT2D eigenvalue weighted by Crippen LogP contribution is 2.30. The molecule has 1 aliphatic rings. The number of rotatable bonds is 5. The van der Waals surface area contributed by atoms with Crippen molar-refractivity contribution in [2.24, 2.45) is 5.92 Å². The van der Waals surface area contributed by atoms with E-state index in [1.165, 1.54) is 12.1 Å². The van der Waals surface area contributed by atoms with Crippen molar-refractivity contribution in [2.75, 3.05) is 31.7 Å². The molecule has 1 fully saturated rings. The maximum absolute atomic E-state index is 10.7. The molecule has 0 bridgehead atoms. The van der Waals surface area contributed by atoms with Gasteiger partial charge in [-0.1, -0.05) is 0 Å². The summed E-state index contributed by atoms with van der Waals surface area (Å²) in [5.74, 6) is 0.478. The van der Waals surface area contributed by atoms with E-state index in [4.69, 9.17) is 4.74 Å². The van der Waals surface area contributed by atoms with E-state index in [1.54, 1.807) is 13.2 Å². The van der Waals surface area contributed by atoms with Gasteiger partial charge in [-0.15, -0.1) is 0 Å². The van der Waals surface area contributed by atoms with Crippen LogP contribution in [0.3, 0.4) is 0 Å². The third-order valence-corrected chi connectivity index (χ3v) is 3.47. The summed E-state index contributed by atoms with van der Waals surface area (Å²) in [7, 11) is 1.69. The minimum absolute atomic E-state index is 0.0143. The summed E-state index contributed by atoms with van der Waals surface area (Å²) in [4.78, 5) is 12.4. The number of anilines is 1.